The molecule has 2 fully saturated rings. The number of hydrogen-bond donors (Lipinski definition) is 2. The summed E-state index contributed by atoms with van der Waals surface area (Å²) in [5.74, 6) is 6.18. The molecule has 0 bridgehead atoms. The van der Waals surface area contributed by atoms with E-state index >= 15 is 0 Å². The summed E-state index contributed by atoms with van der Waals surface area (Å²) in [6, 6.07) is 25.1. The second-order valence-corrected chi connectivity index (χ2v) is 17.9. The number of hydrogen-bond acceptors (Lipinski definition) is 4. The van der Waals surface area contributed by atoms with Crippen LogP contribution in [-0.4, -0.2) is 0 Å². The lowest BCUT2D eigenvalue weighted by Crippen LogP contribution is -2.36. The van der Waals surface area contributed by atoms with Crippen LogP contribution in [0.15, 0.2) is 72.8 Å². The third kappa shape index (κ3) is 10.7. The van der Waals surface area contributed by atoms with Crippen molar-refractivity contribution in [3.63, 3.8) is 0 Å². The molecule has 302 valence electrons. The molecule has 4 aromatic carbocycles. The highest BCUT2D eigenvalue weighted by Crippen LogP contribution is 2.52. The van der Waals surface area contributed by atoms with E-state index in [0.29, 0.717) is 0 Å². The van der Waals surface area contributed by atoms with Crippen molar-refractivity contribution in [1.29, 1.82) is 0 Å². The van der Waals surface area contributed by atoms with Gasteiger partial charge in [-0.15, -0.1) is 0 Å². The van der Waals surface area contributed by atoms with Crippen LogP contribution < -0.4 is 20.9 Å². The number of anilines is 2. The maximum Gasteiger partial charge on any atom is 0.133 e. The number of unbranched alkanes of at least 4 members (excludes halogenated alkanes) is 9. The predicted octanol–water partition coefficient (Wildman–Crippen LogP) is 15.3. The molecule has 4 N–H and O–H groups in total. The van der Waals surface area contributed by atoms with Gasteiger partial charge in [0, 0.05) is 16.8 Å². The summed E-state index contributed by atoms with van der Waals surface area (Å²) < 4.78 is 13.0. The van der Waals surface area contributed by atoms with Gasteiger partial charge in [0.2, 0.25) is 0 Å². The maximum absolute atomic E-state index is 6.48. The number of benzene rings is 4. The minimum absolute atomic E-state index is 0.0618. The number of nitrogen functional groups attached to an aromatic ring is 2. The van der Waals surface area contributed by atoms with Gasteiger partial charge in [-0.1, -0.05) is 115 Å². The lowest BCUT2D eigenvalue weighted by Gasteiger charge is -2.45. The average molecular weight is 757 g/mol. The van der Waals surface area contributed by atoms with Crippen LogP contribution >= 0.6 is 0 Å². The number of aryl methyl sites for hydroxylation is 4. The summed E-state index contributed by atoms with van der Waals surface area (Å²) in [6.45, 7) is 11.1. The lowest BCUT2D eigenvalue weighted by molar-refractivity contribution is 0.140. The summed E-state index contributed by atoms with van der Waals surface area (Å²) in [7, 11) is 0. The SMILES string of the molecule is CCCCCCCCCCCCC1CCC(C2CCC(c3cc(C)c(Oc4ccc(N)cc4)c(C)c3)(c3cc(C)c(Oc4ccc(N)cc4)c(C)c3)CC2)CC1. The van der Waals surface area contributed by atoms with Crippen LogP contribution in [0.25, 0.3) is 0 Å². The van der Waals surface area contributed by atoms with Gasteiger partial charge in [0.05, 0.1) is 0 Å². The van der Waals surface area contributed by atoms with Gasteiger partial charge in [-0.25, -0.2) is 0 Å². The molecule has 0 saturated heterocycles. The summed E-state index contributed by atoms with van der Waals surface area (Å²) >= 11 is 0. The fraction of sp³-hybridized carbons (Fsp3) is 0.538. The maximum atomic E-state index is 6.48. The molecule has 0 heterocycles. The van der Waals surface area contributed by atoms with Crippen molar-refractivity contribution in [2.45, 2.75) is 162 Å². The smallest absolute Gasteiger partial charge is 0.133 e. The van der Waals surface area contributed by atoms with Crippen LogP contribution in [0.1, 0.15) is 162 Å². The molecule has 6 rings (SSSR count). The molecule has 0 unspecified atom stereocenters. The number of rotatable bonds is 18. The highest BCUT2D eigenvalue weighted by Gasteiger charge is 2.42. The topological polar surface area (TPSA) is 70.5 Å². The molecule has 56 heavy (non-hydrogen) atoms. The van der Waals surface area contributed by atoms with Crippen molar-refractivity contribution in [2.75, 3.05) is 11.5 Å². The first-order chi connectivity index (χ1) is 27.1. The Morgan fingerprint density at radius 3 is 1.29 bits per heavy atom. The van der Waals surface area contributed by atoms with Gasteiger partial charge in [0.15, 0.2) is 0 Å². The summed E-state index contributed by atoms with van der Waals surface area (Å²) in [5.41, 5.74) is 20.9. The Morgan fingerprint density at radius 1 is 0.500 bits per heavy atom. The number of nitrogens with two attached hydrogens (primary N) is 2. The van der Waals surface area contributed by atoms with E-state index in [2.05, 4.69) is 58.9 Å². The highest BCUT2D eigenvalue weighted by molar-refractivity contribution is 5.55. The standard InChI is InChI=1S/C52H72N2O2/c1-6-7-8-9-10-11-12-13-14-15-16-41-17-19-42(20-18-41)43-29-31-52(32-30-43,44-33-37(2)50(38(3)34-44)55-48-25-21-46(53)22-26-48)45-35-39(4)51(40(5)36-45)56-49-27-23-47(54)24-28-49/h21-28,33-36,41-43H,6-20,29-32,53-54H2,1-5H3. The van der Waals surface area contributed by atoms with Crippen molar-refractivity contribution < 1.29 is 9.47 Å². The predicted molar refractivity (Wildman–Crippen MR) is 238 cm³/mol. The van der Waals surface area contributed by atoms with Crippen molar-refractivity contribution in [2.24, 2.45) is 17.8 Å². The molecule has 4 nitrogen and oxygen atoms in total. The molecule has 2 aliphatic rings. The van der Waals surface area contributed by atoms with Crippen molar-refractivity contribution in [3.05, 3.63) is 106 Å². The normalized spacial score (nSPS) is 18.5. The van der Waals surface area contributed by atoms with Crippen molar-refractivity contribution in [3.8, 4) is 23.0 Å². The summed E-state index contributed by atoms with van der Waals surface area (Å²) in [5, 5.41) is 0. The molecule has 0 amide bonds. The molecule has 4 aromatic rings. The van der Waals surface area contributed by atoms with Crippen LogP contribution in [0.5, 0.6) is 23.0 Å². The lowest BCUT2D eigenvalue weighted by atomic mass is 9.59. The highest BCUT2D eigenvalue weighted by atomic mass is 16.5. The van der Waals surface area contributed by atoms with Gasteiger partial charge in [-0.05, 0) is 166 Å². The van der Waals surface area contributed by atoms with Gasteiger partial charge >= 0.3 is 0 Å². The molecule has 0 spiro atoms. The van der Waals surface area contributed by atoms with Gasteiger partial charge < -0.3 is 20.9 Å². The van der Waals surface area contributed by atoms with E-state index in [-0.39, 0.29) is 5.41 Å². The van der Waals surface area contributed by atoms with Gasteiger partial charge in [-0.2, -0.15) is 0 Å². The Hall–Kier alpha value is -3.92. The first kappa shape index (κ1) is 41.7. The second kappa shape index (κ2) is 20.0. The van der Waals surface area contributed by atoms with Crippen LogP contribution in [0, 0.1) is 45.4 Å². The second-order valence-electron chi connectivity index (χ2n) is 17.9. The van der Waals surface area contributed by atoms with Crippen LogP contribution in [0.2, 0.25) is 0 Å². The van der Waals surface area contributed by atoms with E-state index in [9.17, 15) is 0 Å². The Bertz CT molecular complexity index is 1660. The Balaban J connectivity index is 1.13. The molecule has 0 atom stereocenters. The zero-order valence-corrected chi connectivity index (χ0v) is 35.6. The molecule has 2 aliphatic carbocycles. The monoisotopic (exact) mass is 757 g/mol. The first-order valence-corrected chi connectivity index (χ1v) is 22.5. The zero-order valence-electron chi connectivity index (χ0n) is 35.6. The Labute approximate surface area is 340 Å². The van der Waals surface area contributed by atoms with Crippen LogP contribution in [0.3, 0.4) is 0 Å². The molecule has 2 saturated carbocycles. The van der Waals surface area contributed by atoms with E-state index in [1.165, 1.54) is 155 Å². The van der Waals surface area contributed by atoms with E-state index in [1.807, 2.05) is 48.5 Å². The number of ether oxygens (including phenoxy) is 2. The first-order valence-electron chi connectivity index (χ1n) is 22.5. The van der Waals surface area contributed by atoms with E-state index in [0.717, 1.165) is 52.1 Å². The minimum atomic E-state index is -0.0618. The molecular formula is C52H72N2O2. The average Bonchev–Trinajstić information content (AvgIpc) is 3.20. The largest absolute Gasteiger partial charge is 0.457 e. The molecule has 4 heteroatoms. The van der Waals surface area contributed by atoms with Gasteiger partial charge in [-0.3, -0.25) is 0 Å². The van der Waals surface area contributed by atoms with Crippen molar-refractivity contribution in [1.82, 2.24) is 0 Å². The van der Waals surface area contributed by atoms with E-state index in [1.54, 1.807) is 0 Å². The third-order valence-corrected chi connectivity index (χ3v) is 13.6. The Kier molecular flexibility index (Phi) is 14.9. The fourth-order valence-electron chi connectivity index (χ4n) is 10.3. The fourth-order valence-corrected chi connectivity index (χ4v) is 10.3. The minimum Gasteiger partial charge on any atom is -0.457 e. The van der Waals surface area contributed by atoms with Crippen molar-refractivity contribution >= 4 is 11.4 Å². The molecule has 0 aromatic heterocycles. The molecular weight excluding hydrogens is 685 g/mol. The molecule has 0 radical (unpaired) electrons. The Morgan fingerprint density at radius 2 is 0.875 bits per heavy atom. The summed E-state index contributed by atoms with van der Waals surface area (Å²) in [4.78, 5) is 0. The molecule has 0 aliphatic heterocycles. The van der Waals surface area contributed by atoms with E-state index in [4.69, 9.17) is 20.9 Å². The van der Waals surface area contributed by atoms with E-state index < -0.39 is 0 Å². The quantitative estimate of drug-likeness (QED) is 0.0783. The van der Waals surface area contributed by atoms with Crippen LogP contribution in [-0.2, 0) is 5.41 Å². The zero-order chi connectivity index (χ0) is 39.5. The summed E-state index contributed by atoms with van der Waals surface area (Å²) in [6.07, 6.45) is 26.5. The van der Waals surface area contributed by atoms with Crippen LogP contribution in [0.4, 0.5) is 11.4 Å². The van der Waals surface area contributed by atoms with Gasteiger partial charge in [0.25, 0.3) is 0 Å². The third-order valence-electron chi connectivity index (χ3n) is 13.6. The van der Waals surface area contributed by atoms with Gasteiger partial charge in [0.1, 0.15) is 23.0 Å².